The monoisotopic (exact) mass is 270 g/mol. The number of halogens is 1. The zero-order valence-electron chi connectivity index (χ0n) is 11.2. The average Bonchev–Trinajstić information content (AvgIpc) is 2.32. The minimum Gasteiger partial charge on any atom is -0.380 e. The maximum Gasteiger partial charge on any atom is 0.272 e. The van der Waals surface area contributed by atoms with Crippen LogP contribution >= 0.6 is 0 Å². The van der Waals surface area contributed by atoms with E-state index in [0.717, 1.165) is 6.07 Å². The first-order valence-electron chi connectivity index (χ1n) is 6.21. The molecule has 0 saturated heterocycles. The van der Waals surface area contributed by atoms with Gasteiger partial charge in [0.15, 0.2) is 0 Å². The van der Waals surface area contributed by atoms with Gasteiger partial charge in [0.2, 0.25) is 0 Å². The van der Waals surface area contributed by atoms with Crippen molar-refractivity contribution in [2.24, 2.45) is 5.92 Å². The van der Waals surface area contributed by atoms with Gasteiger partial charge < -0.3 is 10.1 Å². The Balaban J connectivity index is 2.35. The van der Waals surface area contributed by atoms with Gasteiger partial charge >= 0.3 is 0 Å². The van der Waals surface area contributed by atoms with Crippen LogP contribution in [0.5, 0.6) is 0 Å². The Hall–Kier alpha value is -1.53. The molecule has 1 aromatic carbocycles. The molecular formula is C13H19FN2O3. The largest absolute Gasteiger partial charge is 0.380 e. The van der Waals surface area contributed by atoms with E-state index in [9.17, 15) is 14.5 Å². The molecular weight excluding hydrogens is 251 g/mol. The van der Waals surface area contributed by atoms with Crippen molar-refractivity contribution in [1.82, 2.24) is 5.32 Å². The summed E-state index contributed by atoms with van der Waals surface area (Å²) in [5, 5.41) is 13.6. The normalized spacial score (nSPS) is 10.9. The van der Waals surface area contributed by atoms with Gasteiger partial charge in [-0.3, -0.25) is 10.1 Å². The summed E-state index contributed by atoms with van der Waals surface area (Å²) in [5.74, 6) is -0.104. The number of nitrogens with one attached hydrogen (secondary N) is 1. The van der Waals surface area contributed by atoms with Crippen molar-refractivity contribution >= 4 is 5.69 Å². The Kier molecular flexibility index (Phi) is 6.38. The summed E-state index contributed by atoms with van der Waals surface area (Å²) >= 11 is 0. The summed E-state index contributed by atoms with van der Waals surface area (Å²) in [6, 6.07) is 3.56. The molecule has 0 radical (unpaired) electrons. The van der Waals surface area contributed by atoms with E-state index in [-0.39, 0.29) is 5.69 Å². The summed E-state index contributed by atoms with van der Waals surface area (Å²) in [6.07, 6.45) is 0. The zero-order chi connectivity index (χ0) is 14.3. The Labute approximate surface area is 111 Å². The second kappa shape index (κ2) is 7.81. The van der Waals surface area contributed by atoms with Gasteiger partial charge in [0.1, 0.15) is 5.82 Å². The Bertz CT molecular complexity index is 424. The van der Waals surface area contributed by atoms with Crippen LogP contribution in [0, 0.1) is 21.8 Å². The van der Waals surface area contributed by atoms with Crippen LogP contribution in [-0.4, -0.2) is 24.7 Å². The fourth-order valence-electron chi connectivity index (χ4n) is 1.54. The fourth-order valence-corrected chi connectivity index (χ4v) is 1.54. The highest BCUT2D eigenvalue weighted by atomic mass is 19.1. The van der Waals surface area contributed by atoms with Crippen molar-refractivity contribution in [2.75, 3.05) is 19.8 Å². The van der Waals surface area contributed by atoms with Crippen LogP contribution in [-0.2, 0) is 11.3 Å². The Morgan fingerprint density at radius 2 is 2.16 bits per heavy atom. The summed E-state index contributed by atoms with van der Waals surface area (Å²) < 4.78 is 18.5. The molecule has 0 aliphatic rings. The van der Waals surface area contributed by atoms with E-state index in [4.69, 9.17) is 4.74 Å². The number of hydrogen-bond donors (Lipinski definition) is 1. The van der Waals surface area contributed by atoms with Crippen LogP contribution in [0.15, 0.2) is 18.2 Å². The lowest BCUT2D eigenvalue weighted by atomic mass is 10.2. The molecule has 0 saturated carbocycles. The average molecular weight is 270 g/mol. The van der Waals surface area contributed by atoms with Crippen molar-refractivity contribution in [3.05, 3.63) is 39.7 Å². The van der Waals surface area contributed by atoms with E-state index in [0.29, 0.717) is 37.8 Å². The topological polar surface area (TPSA) is 64.4 Å². The summed E-state index contributed by atoms with van der Waals surface area (Å²) in [4.78, 5) is 9.98. The molecule has 5 nitrogen and oxygen atoms in total. The van der Waals surface area contributed by atoms with E-state index in [2.05, 4.69) is 19.2 Å². The van der Waals surface area contributed by atoms with Gasteiger partial charge in [-0.25, -0.2) is 4.39 Å². The van der Waals surface area contributed by atoms with Crippen LogP contribution in [0.1, 0.15) is 19.4 Å². The predicted molar refractivity (Wildman–Crippen MR) is 70.4 cm³/mol. The lowest BCUT2D eigenvalue weighted by Gasteiger charge is -2.08. The van der Waals surface area contributed by atoms with Crippen molar-refractivity contribution in [3.63, 3.8) is 0 Å². The first-order valence-corrected chi connectivity index (χ1v) is 6.21. The standard InChI is InChI=1S/C13H19FN2O3/c1-10(2)9-19-4-3-15-8-11-5-12(14)7-13(6-11)16(17)18/h5-7,10,15H,3-4,8-9H2,1-2H3. The minimum absolute atomic E-state index is 0.229. The molecule has 0 atom stereocenters. The van der Waals surface area contributed by atoms with Crippen molar-refractivity contribution in [2.45, 2.75) is 20.4 Å². The van der Waals surface area contributed by atoms with Crippen LogP contribution in [0.4, 0.5) is 10.1 Å². The van der Waals surface area contributed by atoms with Crippen molar-refractivity contribution < 1.29 is 14.1 Å². The van der Waals surface area contributed by atoms with Crippen LogP contribution < -0.4 is 5.32 Å². The van der Waals surface area contributed by atoms with Gasteiger partial charge in [-0.05, 0) is 17.5 Å². The molecule has 0 aliphatic heterocycles. The molecule has 0 aromatic heterocycles. The van der Waals surface area contributed by atoms with Gasteiger partial charge in [-0.15, -0.1) is 0 Å². The Morgan fingerprint density at radius 3 is 2.79 bits per heavy atom. The summed E-state index contributed by atoms with van der Waals surface area (Å²) in [5.41, 5.74) is 0.323. The molecule has 1 N–H and O–H groups in total. The maximum atomic E-state index is 13.1. The van der Waals surface area contributed by atoms with Gasteiger partial charge in [0.25, 0.3) is 5.69 Å². The maximum absolute atomic E-state index is 13.1. The van der Waals surface area contributed by atoms with E-state index in [1.807, 2.05) is 0 Å². The van der Waals surface area contributed by atoms with Crippen LogP contribution in [0.2, 0.25) is 0 Å². The molecule has 106 valence electrons. The van der Waals surface area contributed by atoms with Gasteiger partial charge in [0, 0.05) is 25.8 Å². The van der Waals surface area contributed by atoms with Crippen LogP contribution in [0.25, 0.3) is 0 Å². The molecule has 19 heavy (non-hydrogen) atoms. The molecule has 0 bridgehead atoms. The van der Waals surface area contributed by atoms with Crippen molar-refractivity contribution in [1.29, 1.82) is 0 Å². The Morgan fingerprint density at radius 1 is 1.42 bits per heavy atom. The number of non-ortho nitro benzene ring substituents is 1. The molecule has 0 unspecified atom stereocenters. The quantitative estimate of drug-likeness (QED) is 0.448. The molecule has 0 heterocycles. The third-order valence-electron chi connectivity index (χ3n) is 2.36. The number of rotatable bonds is 8. The number of nitro groups is 1. The van der Waals surface area contributed by atoms with Gasteiger partial charge in [0.05, 0.1) is 17.6 Å². The second-order valence-corrected chi connectivity index (χ2v) is 4.72. The third kappa shape index (κ3) is 6.26. The van der Waals surface area contributed by atoms with E-state index >= 15 is 0 Å². The smallest absolute Gasteiger partial charge is 0.272 e. The lowest BCUT2D eigenvalue weighted by molar-refractivity contribution is -0.385. The molecule has 6 heteroatoms. The second-order valence-electron chi connectivity index (χ2n) is 4.72. The van der Waals surface area contributed by atoms with E-state index in [1.54, 1.807) is 0 Å². The third-order valence-corrected chi connectivity index (χ3v) is 2.36. The van der Waals surface area contributed by atoms with E-state index in [1.165, 1.54) is 12.1 Å². The number of hydrogen-bond acceptors (Lipinski definition) is 4. The highest BCUT2D eigenvalue weighted by molar-refractivity contribution is 5.35. The summed E-state index contributed by atoms with van der Waals surface area (Å²) in [6.45, 7) is 6.40. The number of ether oxygens (including phenoxy) is 1. The summed E-state index contributed by atoms with van der Waals surface area (Å²) in [7, 11) is 0. The highest BCUT2D eigenvalue weighted by Crippen LogP contribution is 2.15. The molecule has 0 amide bonds. The van der Waals surface area contributed by atoms with Gasteiger partial charge in [-0.1, -0.05) is 13.8 Å². The van der Waals surface area contributed by atoms with Crippen LogP contribution in [0.3, 0.4) is 0 Å². The lowest BCUT2D eigenvalue weighted by Crippen LogP contribution is -2.20. The molecule has 1 aromatic rings. The molecule has 0 spiro atoms. The number of nitrogens with zero attached hydrogens (tertiary/aromatic N) is 1. The van der Waals surface area contributed by atoms with E-state index < -0.39 is 10.7 Å². The highest BCUT2D eigenvalue weighted by Gasteiger charge is 2.09. The molecule has 1 rings (SSSR count). The van der Waals surface area contributed by atoms with Crippen molar-refractivity contribution in [3.8, 4) is 0 Å². The predicted octanol–water partition coefficient (Wildman–Crippen LogP) is 2.50. The fraction of sp³-hybridized carbons (Fsp3) is 0.538. The van der Waals surface area contributed by atoms with Gasteiger partial charge in [-0.2, -0.15) is 0 Å². The molecule has 0 aliphatic carbocycles. The molecule has 0 fully saturated rings. The number of benzene rings is 1. The first-order chi connectivity index (χ1) is 8.99. The first kappa shape index (κ1) is 15.5. The zero-order valence-corrected chi connectivity index (χ0v) is 11.2. The number of nitro benzene ring substituents is 1. The minimum atomic E-state index is -0.599. The SMILES string of the molecule is CC(C)COCCNCc1cc(F)cc([N+](=O)[O-])c1.